The maximum atomic E-state index is 13.2. The number of ether oxygens (including phenoxy) is 1. The predicted molar refractivity (Wildman–Crippen MR) is 103 cm³/mol. The zero-order chi connectivity index (χ0) is 22.6. The number of hydrogen-bond acceptors (Lipinski definition) is 5. The van der Waals surface area contributed by atoms with Crippen molar-refractivity contribution in [1.82, 2.24) is 9.55 Å². The van der Waals surface area contributed by atoms with Crippen LogP contribution in [0.1, 0.15) is 5.82 Å². The number of halogens is 5. The molecular weight excluding hydrogens is 445 g/mol. The van der Waals surface area contributed by atoms with Crippen LogP contribution in [0.25, 0.3) is 11.0 Å². The first kappa shape index (κ1) is 22.5. The molecular formula is C19H14F5N3O3S. The number of nitrogens with zero attached hydrogens (tertiary/aromatic N) is 2. The van der Waals surface area contributed by atoms with Crippen molar-refractivity contribution in [3.63, 3.8) is 0 Å². The van der Waals surface area contributed by atoms with Gasteiger partial charge in [-0.3, -0.25) is 9.59 Å². The SMILES string of the molecule is O=C(COC(=O)Cn1c(C(F)(F)F)nc2ccccc21)Nc1ccc(SC(F)F)cc1. The highest BCUT2D eigenvalue weighted by atomic mass is 32.2. The number of esters is 1. The van der Waals surface area contributed by atoms with Crippen molar-refractivity contribution in [2.45, 2.75) is 23.4 Å². The highest BCUT2D eigenvalue weighted by Crippen LogP contribution is 2.31. The summed E-state index contributed by atoms with van der Waals surface area (Å²) in [4.78, 5) is 27.8. The van der Waals surface area contributed by atoms with Gasteiger partial charge in [0.2, 0.25) is 5.82 Å². The number of alkyl halides is 5. The van der Waals surface area contributed by atoms with E-state index in [9.17, 15) is 31.5 Å². The number of hydrogen-bond donors (Lipinski definition) is 1. The molecule has 0 aliphatic heterocycles. The molecule has 3 rings (SSSR count). The molecule has 164 valence electrons. The Labute approximate surface area is 176 Å². The molecule has 1 amide bonds. The van der Waals surface area contributed by atoms with E-state index in [0.29, 0.717) is 21.2 Å². The first-order valence-electron chi connectivity index (χ1n) is 8.66. The van der Waals surface area contributed by atoms with Crippen molar-refractivity contribution in [2.24, 2.45) is 0 Å². The zero-order valence-corrected chi connectivity index (χ0v) is 16.3. The Morgan fingerprint density at radius 2 is 1.77 bits per heavy atom. The lowest BCUT2D eigenvalue weighted by molar-refractivity contribution is -0.152. The fourth-order valence-corrected chi connectivity index (χ4v) is 3.19. The number of para-hydroxylation sites is 2. The maximum Gasteiger partial charge on any atom is 0.449 e. The number of carbonyl (C=O) groups excluding carboxylic acids is 2. The van der Waals surface area contributed by atoms with Gasteiger partial charge in [0.25, 0.3) is 11.7 Å². The van der Waals surface area contributed by atoms with Crippen molar-refractivity contribution in [3.8, 4) is 0 Å². The number of rotatable bonds is 7. The first-order valence-corrected chi connectivity index (χ1v) is 9.54. The van der Waals surface area contributed by atoms with E-state index >= 15 is 0 Å². The van der Waals surface area contributed by atoms with Gasteiger partial charge >= 0.3 is 12.1 Å². The number of nitrogens with one attached hydrogen (secondary N) is 1. The normalized spacial score (nSPS) is 11.7. The molecule has 3 aromatic rings. The van der Waals surface area contributed by atoms with Crippen LogP contribution in [0.3, 0.4) is 0 Å². The average molecular weight is 459 g/mol. The molecule has 1 heterocycles. The van der Waals surface area contributed by atoms with Gasteiger partial charge in [-0.1, -0.05) is 23.9 Å². The Morgan fingerprint density at radius 1 is 1.10 bits per heavy atom. The van der Waals surface area contributed by atoms with E-state index in [4.69, 9.17) is 4.74 Å². The predicted octanol–water partition coefficient (Wildman–Crippen LogP) is 4.55. The Morgan fingerprint density at radius 3 is 2.42 bits per heavy atom. The number of benzene rings is 2. The van der Waals surface area contributed by atoms with Crippen LogP contribution < -0.4 is 5.32 Å². The van der Waals surface area contributed by atoms with Crippen LogP contribution in [0, 0.1) is 0 Å². The van der Waals surface area contributed by atoms with Crippen molar-refractivity contribution in [3.05, 3.63) is 54.4 Å². The third-order valence-corrected chi connectivity index (χ3v) is 4.65. The highest BCUT2D eigenvalue weighted by Gasteiger charge is 2.38. The molecule has 0 aliphatic carbocycles. The molecule has 1 N–H and O–H groups in total. The van der Waals surface area contributed by atoms with Gasteiger partial charge in [-0.2, -0.15) is 22.0 Å². The number of thioether (sulfide) groups is 1. The Hall–Kier alpha value is -3.15. The lowest BCUT2D eigenvalue weighted by atomic mass is 10.3. The second-order valence-corrected chi connectivity index (χ2v) is 7.18. The number of anilines is 1. The molecule has 31 heavy (non-hydrogen) atoms. The number of aromatic nitrogens is 2. The Kier molecular flexibility index (Phi) is 6.78. The molecule has 0 radical (unpaired) electrons. The van der Waals surface area contributed by atoms with E-state index in [1.165, 1.54) is 48.5 Å². The molecule has 6 nitrogen and oxygen atoms in total. The summed E-state index contributed by atoms with van der Waals surface area (Å²) in [7, 11) is 0. The van der Waals surface area contributed by atoms with Gasteiger partial charge in [-0.05, 0) is 36.4 Å². The molecule has 0 atom stereocenters. The van der Waals surface area contributed by atoms with E-state index in [1.54, 1.807) is 0 Å². The zero-order valence-electron chi connectivity index (χ0n) is 15.5. The summed E-state index contributed by atoms with van der Waals surface area (Å²) in [6.45, 7) is -1.53. The van der Waals surface area contributed by atoms with E-state index < -0.39 is 42.8 Å². The molecule has 0 spiro atoms. The van der Waals surface area contributed by atoms with Crippen LogP contribution in [0.15, 0.2) is 53.4 Å². The Bertz CT molecular complexity index is 1080. The molecule has 0 saturated carbocycles. The van der Waals surface area contributed by atoms with Crippen LogP contribution >= 0.6 is 11.8 Å². The smallest absolute Gasteiger partial charge is 0.449 e. The van der Waals surface area contributed by atoms with Gasteiger partial charge in [-0.15, -0.1) is 0 Å². The summed E-state index contributed by atoms with van der Waals surface area (Å²) in [5, 5.41) is 2.39. The van der Waals surface area contributed by atoms with Gasteiger partial charge in [0.05, 0.1) is 11.0 Å². The van der Waals surface area contributed by atoms with Gasteiger partial charge in [0.1, 0.15) is 6.54 Å². The average Bonchev–Trinajstić information content (AvgIpc) is 3.06. The quantitative estimate of drug-likeness (QED) is 0.319. The molecule has 0 unspecified atom stereocenters. The number of fused-ring (bicyclic) bond motifs is 1. The van der Waals surface area contributed by atoms with E-state index in [2.05, 4.69) is 10.3 Å². The van der Waals surface area contributed by atoms with E-state index in [-0.39, 0.29) is 16.7 Å². The summed E-state index contributed by atoms with van der Waals surface area (Å²) >= 11 is 0.342. The molecule has 0 fully saturated rings. The minimum atomic E-state index is -4.79. The summed E-state index contributed by atoms with van der Waals surface area (Å²) < 4.78 is 69.8. The molecule has 2 aromatic carbocycles. The molecule has 0 bridgehead atoms. The summed E-state index contributed by atoms with van der Waals surface area (Å²) in [6, 6.07) is 11.3. The molecule has 0 aliphatic rings. The fourth-order valence-electron chi connectivity index (χ4n) is 2.69. The second-order valence-electron chi connectivity index (χ2n) is 6.12. The van der Waals surface area contributed by atoms with Crippen LogP contribution in [-0.4, -0.2) is 33.8 Å². The third kappa shape index (κ3) is 5.94. The van der Waals surface area contributed by atoms with Crippen molar-refractivity contribution >= 4 is 40.4 Å². The van der Waals surface area contributed by atoms with Crippen LogP contribution in [0.4, 0.5) is 27.6 Å². The summed E-state index contributed by atoms with van der Waals surface area (Å²) in [6.07, 6.45) is -4.79. The standard InChI is InChI=1S/C19H14F5N3O3S/c20-18(21)31-12-7-5-11(6-8-12)25-15(28)10-30-16(29)9-27-14-4-2-1-3-13(14)26-17(27)19(22,23)24/h1-8,18H,9-10H2,(H,25,28). The third-order valence-electron chi connectivity index (χ3n) is 3.92. The van der Waals surface area contributed by atoms with Gasteiger partial charge < -0.3 is 14.6 Å². The number of amides is 1. The molecule has 1 aromatic heterocycles. The Balaban J connectivity index is 1.60. The van der Waals surface area contributed by atoms with Crippen molar-refractivity contribution in [2.75, 3.05) is 11.9 Å². The molecule has 0 saturated heterocycles. The second kappa shape index (κ2) is 9.33. The van der Waals surface area contributed by atoms with Gasteiger partial charge in [-0.25, -0.2) is 4.98 Å². The van der Waals surface area contributed by atoms with Crippen LogP contribution in [0.5, 0.6) is 0 Å². The monoisotopic (exact) mass is 459 g/mol. The van der Waals surface area contributed by atoms with Crippen molar-refractivity contribution < 1.29 is 36.3 Å². The van der Waals surface area contributed by atoms with Gasteiger partial charge in [0, 0.05) is 10.6 Å². The highest BCUT2D eigenvalue weighted by molar-refractivity contribution is 7.99. The van der Waals surface area contributed by atoms with Gasteiger partial charge in [0.15, 0.2) is 6.61 Å². The summed E-state index contributed by atoms with van der Waals surface area (Å²) in [5.74, 6) is -5.64. The maximum absolute atomic E-state index is 13.2. The van der Waals surface area contributed by atoms with Crippen LogP contribution in [0.2, 0.25) is 0 Å². The van der Waals surface area contributed by atoms with E-state index in [1.807, 2.05) is 0 Å². The summed E-state index contributed by atoms with van der Waals surface area (Å²) in [5.41, 5.74) is 0.437. The van der Waals surface area contributed by atoms with E-state index in [0.717, 1.165) is 0 Å². The number of carbonyl (C=O) groups is 2. The fraction of sp³-hybridized carbons (Fsp3) is 0.211. The topological polar surface area (TPSA) is 73.2 Å². The first-order chi connectivity index (χ1) is 14.6. The van der Waals surface area contributed by atoms with Crippen molar-refractivity contribution in [1.29, 1.82) is 0 Å². The minimum absolute atomic E-state index is 0.0637. The lowest BCUT2D eigenvalue weighted by Gasteiger charge is -2.11. The lowest BCUT2D eigenvalue weighted by Crippen LogP contribution is -2.24. The minimum Gasteiger partial charge on any atom is -0.454 e. The molecule has 12 heteroatoms. The van der Waals surface area contributed by atoms with Crippen LogP contribution in [-0.2, 0) is 27.0 Å². The number of imidazole rings is 1. The largest absolute Gasteiger partial charge is 0.454 e.